The zero-order valence-corrected chi connectivity index (χ0v) is 13.8. The normalized spacial score (nSPS) is 29.5. The first kappa shape index (κ1) is 17.6. The molecule has 1 saturated carbocycles. The van der Waals surface area contributed by atoms with E-state index in [-0.39, 0.29) is 36.0 Å². The molecule has 1 aliphatic carbocycles. The molecular weight excluding hydrogens is 294 g/mol. The van der Waals surface area contributed by atoms with E-state index in [9.17, 15) is 10.2 Å². The van der Waals surface area contributed by atoms with E-state index in [0.717, 1.165) is 18.4 Å². The van der Waals surface area contributed by atoms with Gasteiger partial charge in [0.05, 0.1) is 13.2 Å². The van der Waals surface area contributed by atoms with Crippen molar-refractivity contribution in [3.8, 4) is 11.5 Å². The van der Waals surface area contributed by atoms with Gasteiger partial charge in [0.2, 0.25) is 0 Å². The smallest absolute Gasteiger partial charge is 0.126 e. The molecule has 1 aromatic carbocycles. The number of aliphatic hydroxyl groups is 2. The fourth-order valence-electron chi connectivity index (χ4n) is 3.73. The van der Waals surface area contributed by atoms with Gasteiger partial charge in [-0.3, -0.25) is 0 Å². The summed E-state index contributed by atoms with van der Waals surface area (Å²) in [5.74, 6) is 1.43. The van der Waals surface area contributed by atoms with Crippen LogP contribution < -0.4 is 10.5 Å². The van der Waals surface area contributed by atoms with E-state index < -0.39 is 0 Å². The van der Waals surface area contributed by atoms with Crippen LogP contribution in [0.2, 0.25) is 0 Å². The Hall–Kier alpha value is -1.72. The Morgan fingerprint density at radius 3 is 2.78 bits per heavy atom. The largest absolute Gasteiger partial charge is 0.510 e. The maximum absolute atomic E-state index is 9.68. The summed E-state index contributed by atoms with van der Waals surface area (Å²) in [4.78, 5) is 0. The van der Waals surface area contributed by atoms with Crippen LogP contribution in [0.1, 0.15) is 38.2 Å². The molecule has 0 bridgehead atoms. The lowest BCUT2D eigenvalue weighted by atomic mass is 9.66. The van der Waals surface area contributed by atoms with Crippen molar-refractivity contribution in [3.05, 3.63) is 35.6 Å². The van der Waals surface area contributed by atoms with Gasteiger partial charge in [0.1, 0.15) is 17.3 Å². The number of rotatable bonds is 2. The minimum Gasteiger partial charge on any atom is -0.510 e. The number of aromatic hydroxyl groups is 1. The third-order valence-electron chi connectivity index (χ3n) is 4.53. The molecule has 23 heavy (non-hydrogen) atoms. The summed E-state index contributed by atoms with van der Waals surface area (Å²) in [6.45, 7) is 4.21. The summed E-state index contributed by atoms with van der Waals surface area (Å²) in [6.07, 6.45) is 3.37. The van der Waals surface area contributed by atoms with Crippen molar-refractivity contribution < 1.29 is 20.1 Å². The van der Waals surface area contributed by atoms with Crippen LogP contribution in [-0.4, -0.2) is 34.6 Å². The zero-order chi connectivity index (χ0) is 17.0. The monoisotopic (exact) mass is 321 g/mol. The summed E-state index contributed by atoms with van der Waals surface area (Å²) >= 11 is 0. The lowest BCUT2D eigenvalue weighted by Gasteiger charge is -2.43. The highest BCUT2D eigenvalue weighted by atomic mass is 16.5. The van der Waals surface area contributed by atoms with E-state index in [1.54, 1.807) is 18.2 Å². The minimum absolute atomic E-state index is 0.0142. The van der Waals surface area contributed by atoms with Gasteiger partial charge in [0.25, 0.3) is 0 Å². The van der Waals surface area contributed by atoms with Gasteiger partial charge in [-0.05, 0) is 36.5 Å². The highest BCUT2D eigenvalue weighted by Gasteiger charge is 2.41. The van der Waals surface area contributed by atoms with Crippen molar-refractivity contribution in [3.63, 3.8) is 0 Å². The molecule has 0 saturated heterocycles. The van der Waals surface area contributed by atoms with Crippen LogP contribution in [0.4, 0.5) is 0 Å². The first-order valence-electron chi connectivity index (χ1n) is 8.30. The van der Waals surface area contributed by atoms with Gasteiger partial charge in [-0.25, -0.2) is 0 Å². The second-order valence-electron chi connectivity index (χ2n) is 6.03. The molecule has 1 aromatic rings. The SMILES string of the molecule is CC.NC1CC(/C=C(/O)CO)[C@@H]2c3ccc(O)cc3OCC2C1. The Morgan fingerprint density at radius 1 is 1.35 bits per heavy atom. The second-order valence-corrected chi connectivity index (χ2v) is 6.03. The van der Waals surface area contributed by atoms with Gasteiger partial charge in [-0.1, -0.05) is 19.9 Å². The topological polar surface area (TPSA) is 95.9 Å². The molecule has 3 unspecified atom stereocenters. The van der Waals surface area contributed by atoms with Crippen LogP contribution >= 0.6 is 0 Å². The third-order valence-corrected chi connectivity index (χ3v) is 4.53. The van der Waals surface area contributed by atoms with E-state index in [0.29, 0.717) is 18.3 Å². The Bertz CT molecular complexity index is 558. The molecule has 4 atom stereocenters. The number of phenols is 1. The van der Waals surface area contributed by atoms with Gasteiger partial charge in [-0.2, -0.15) is 0 Å². The van der Waals surface area contributed by atoms with Crippen LogP contribution in [0.5, 0.6) is 11.5 Å². The van der Waals surface area contributed by atoms with E-state index >= 15 is 0 Å². The van der Waals surface area contributed by atoms with Crippen molar-refractivity contribution in [1.29, 1.82) is 0 Å². The predicted octanol–water partition coefficient (Wildman–Crippen LogP) is 2.68. The number of aliphatic hydroxyl groups excluding tert-OH is 2. The quantitative estimate of drug-likeness (QED) is 0.628. The number of ether oxygens (including phenoxy) is 1. The van der Waals surface area contributed by atoms with Gasteiger partial charge in [-0.15, -0.1) is 0 Å². The van der Waals surface area contributed by atoms with Gasteiger partial charge < -0.3 is 25.8 Å². The van der Waals surface area contributed by atoms with Crippen LogP contribution in [0.15, 0.2) is 30.0 Å². The maximum Gasteiger partial charge on any atom is 0.126 e. The molecule has 0 aromatic heterocycles. The highest BCUT2D eigenvalue weighted by Crippen LogP contribution is 2.49. The molecule has 5 heteroatoms. The summed E-state index contributed by atoms with van der Waals surface area (Å²) in [7, 11) is 0. The number of fused-ring (bicyclic) bond motifs is 3. The summed E-state index contributed by atoms with van der Waals surface area (Å²) in [5.41, 5.74) is 7.17. The molecule has 3 rings (SSSR count). The number of nitrogens with two attached hydrogens (primary N) is 1. The van der Waals surface area contributed by atoms with E-state index in [1.807, 2.05) is 19.9 Å². The van der Waals surface area contributed by atoms with Gasteiger partial charge in [0.15, 0.2) is 0 Å². The Labute approximate surface area is 137 Å². The highest BCUT2D eigenvalue weighted by molar-refractivity contribution is 5.45. The molecule has 0 radical (unpaired) electrons. The van der Waals surface area contributed by atoms with Crippen molar-refractivity contribution >= 4 is 0 Å². The lowest BCUT2D eigenvalue weighted by Crippen LogP contribution is -2.42. The van der Waals surface area contributed by atoms with Crippen LogP contribution in [0.3, 0.4) is 0 Å². The summed E-state index contributed by atoms with van der Waals surface area (Å²) < 4.78 is 5.75. The Balaban J connectivity index is 0.000000924. The van der Waals surface area contributed by atoms with Gasteiger partial charge >= 0.3 is 0 Å². The molecule has 2 aliphatic rings. The molecule has 1 heterocycles. The first-order chi connectivity index (χ1) is 11.1. The average Bonchev–Trinajstić information content (AvgIpc) is 2.55. The molecule has 5 nitrogen and oxygen atoms in total. The van der Waals surface area contributed by atoms with E-state index in [1.165, 1.54) is 0 Å². The second kappa shape index (κ2) is 7.70. The number of allylic oxidation sites excluding steroid dienone is 1. The number of hydrogen-bond acceptors (Lipinski definition) is 5. The molecule has 1 aliphatic heterocycles. The minimum atomic E-state index is -0.359. The molecule has 128 valence electrons. The van der Waals surface area contributed by atoms with Crippen LogP contribution in [-0.2, 0) is 0 Å². The Kier molecular flexibility index (Phi) is 5.91. The van der Waals surface area contributed by atoms with Crippen molar-refractivity contribution in [2.45, 2.75) is 38.6 Å². The maximum atomic E-state index is 9.68. The number of benzene rings is 1. The molecule has 1 fully saturated rings. The summed E-state index contributed by atoms with van der Waals surface area (Å²) in [5, 5.41) is 28.3. The standard InChI is InChI=1S/C16H21NO4.C2H6/c17-11-3-9(5-13(20)7-18)16-10(4-11)8-21-15-6-12(19)1-2-14(15)16;1-2/h1-2,5-6,9-11,16,18-20H,3-4,7-8,17H2;1-2H3/b13-5+;/t9?,10?,11?,16-;/m0./s1. The van der Waals surface area contributed by atoms with Crippen LogP contribution in [0.25, 0.3) is 0 Å². The van der Waals surface area contributed by atoms with Crippen molar-refractivity contribution in [2.75, 3.05) is 13.2 Å². The van der Waals surface area contributed by atoms with Crippen molar-refractivity contribution in [1.82, 2.24) is 0 Å². The first-order valence-corrected chi connectivity index (χ1v) is 8.30. The Morgan fingerprint density at radius 2 is 2.09 bits per heavy atom. The number of hydrogen-bond donors (Lipinski definition) is 4. The van der Waals surface area contributed by atoms with E-state index in [4.69, 9.17) is 15.6 Å². The molecule has 5 N–H and O–H groups in total. The average molecular weight is 321 g/mol. The molecule has 0 spiro atoms. The van der Waals surface area contributed by atoms with Crippen molar-refractivity contribution in [2.24, 2.45) is 17.6 Å². The summed E-state index contributed by atoms with van der Waals surface area (Å²) in [6, 6.07) is 5.24. The van der Waals surface area contributed by atoms with E-state index in [2.05, 4.69) is 0 Å². The lowest BCUT2D eigenvalue weighted by molar-refractivity contribution is 0.122. The molecule has 0 amide bonds. The number of phenolic OH excluding ortho intramolecular Hbond substituents is 1. The van der Waals surface area contributed by atoms with Gasteiger partial charge in [0, 0.05) is 23.9 Å². The fourth-order valence-corrected chi connectivity index (χ4v) is 3.73. The predicted molar refractivity (Wildman–Crippen MR) is 89.7 cm³/mol. The fraction of sp³-hybridized carbons (Fsp3) is 0.556. The zero-order valence-electron chi connectivity index (χ0n) is 13.8. The molecular formula is C18H27NO4. The third kappa shape index (κ3) is 3.79. The van der Waals surface area contributed by atoms with Crippen LogP contribution in [0, 0.1) is 11.8 Å².